The van der Waals surface area contributed by atoms with Crippen LogP contribution in [0.1, 0.15) is 30.7 Å². The minimum absolute atomic E-state index is 0.00716. The lowest BCUT2D eigenvalue weighted by molar-refractivity contribution is 0.00591. The topological polar surface area (TPSA) is 67.6 Å². The van der Waals surface area contributed by atoms with Crippen molar-refractivity contribution >= 4 is 15.7 Å². The molecule has 0 saturated carbocycles. The van der Waals surface area contributed by atoms with Gasteiger partial charge < -0.3 is 18.9 Å². The lowest BCUT2D eigenvalue weighted by Gasteiger charge is -2.17. The normalized spacial score (nSPS) is 38.6. The van der Waals surface area contributed by atoms with E-state index in [9.17, 15) is 0 Å². The highest BCUT2D eigenvalue weighted by atomic mass is 16.6. The molecule has 2 saturated heterocycles. The van der Waals surface area contributed by atoms with E-state index < -0.39 is 0 Å². The van der Waals surface area contributed by atoms with Crippen molar-refractivity contribution in [2.45, 2.75) is 49.2 Å². The van der Waals surface area contributed by atoms with Crippen molar-refractivity contribution in [1.29, 1.82) is 0 Å². The summed E-state index contributed by atoms with van der Waals surface area (Å²) in [6.45, 7) is 0.457. The molecule has 1 aromatic heterocycles. The molecule has 6 atom stereocenters. The van der Waals surface area contributed by atoms with Gasteiger partial charge in [-0.1, -0.05) is 5.21 Å². The molecule has 0 aromatic carbocycles. The third-order valence-corrected chi connectivity index (χ3v) is 4.17. The van der Waals surface area contributed by atoms with Gasteiger partial charge in [0.15, 0.2) is 0 Å². The monoisotopic (exact) mass is 303 g/mol. The van der Waals surface area contributed by atoms with Crippen LogP contribution in [-0.4, -0.2) is 75.7 Å². The Morgan fingerprint density at radius 1 is 1.27 bits per heavy atom. The van der Waals surface area contributed by atoms with E-state index in [2.05, 4.69) is 10.3 Å². The molecular formula is C13H19B2N3O4. The maximum atomic E-state index is 5.87. The average molecular weight is 303 g/mol. The molecule has 22 heavy (non-hydrogen) atoms. The Labute approximate surface area is 132 Å². The Balaban J connectivity index is 1.75. The highest BCUT2D eigenvalue weighted by Gasteiger charge is 2.38. The van der Waals surface area contributed by atoms with Gasteiger partial charge in [-0.3, -0.25) is 0 Å². The van der Waals surface area contributed by atoms with E-state index in [1.807, 2.05) is 6.20 Å². The fourth-order valence-electron chi connectivity index (χ4n) is 3.10. The minimum Gasteiger partial charge on any atom is -0.382 e. The molecule has 0 N–H and O–H groups in total. The highest BCUT2D eigenvalue weighted by Crippen LogP contribution is 2.34. The molecule has 3 rings (SSSR count). The number of hydrogen-bond acceptors (Lipinski definition) is 6. The molecule has 0 spiro atoms. The summed E-state index contributed by atoms with van der Waals surface area (Å²) in [5.41, 5.74) is 0.705. The maximum absolute atomic E-state index is 5.87. The highest BCUT2D eigenvalue weighted by molar-refractivity contribution is 6.11. The van der Waals surface area contributed by atoms with Gasteiger partial charge in [0.2, 0.25) is 0 Å². The van der Waals surface area contributed by atoms with Crippen molar-refractivity contribution in [1.82, 2.24) is 15.0 Å². The summed E-state index contributed by atoms with van der Waals surface area (Å²) >= 11 is 0. The number of rotatable bonds is 5. The van der Waals surface area contributed by atoms with Gasteiger partial charge >= 0.3 is 0 Å². The van der Waals surface area contributed by atoms with Gasteiger partial charge in [-0.25, -0.2) is 4.68 Å². The molecule has 0 aliphatic carbocycles. The van der Waals surface area contributed by atoms with Gasteiger partial charge in [-0.2, -0.15) is 0 Å². The van der Waals surface area contributed by atoms with Gasteiger partial charge in [0.05, 0.1) is 24.9 Å². The van der Waals surface area contributed by atoms with E-state index in [1.54, 1.807) is 18.9 Å². The van der Waals surface area contributed by atoms with Crippen LogP contribution in [0.25, 0.3) is 0 Å². The summed E-state index contributed by atoms with van der Waals surface area (Å²) in [6, 6.07) is -0.669. The molecule has 2 fully saturated rings. The average Bonchev–Trinajstić information content (AvgIpc) is 3.17. The van der Waals surface area contributed by atoms with Crippen LogP contribution in [0.4, 0.5) is 0 Å². The third-order valence-electron chi connectivity index (χ3n) is 4.17. The summed E-state index contributed by atoms with van der Waals surface area (Å²) in [4.78, 5) is 0. The molecule has 0 bridgehead atoms. The van der Waals surface area contributed by atoms with E-state index in [1.165, 1.54) is 0 Å². The second kappa shape index (κ2) is 6.70. The first kappa shape index (κ1) is 16.0. The van der Waals surface area contributed by atoms with E-state index in [-0.39, 0.29) is 36.4 Å². The van der Waals surface area contributed by atoms with E-state index in [0.717, 1.165) is 0 Å². The van der Waals surface area contributed by atoms with Crippen molar-refractivity contribution in [3.8, 4) is 0 Å². The quantitative estimate of drug-likeness (QED) is 0.697. The molecular weight excluding hydrogens is 284 g/mol. The largest absolute Gasteiger partial charge is 0.382 e. The van der Waals surface area contributed by atoms with Crippen molar-refractivity contribution in [2.24, 2.45) is 0 Å². The minimum atomic E-state index is -0.343. The zero-order valence-corrected chi connectivity index (χ0v) is 12.8. The van der Waals surface area contributed by atoms with Crippen LogP contribution >= 0.6 is 0 Å². The number of ether oxygens (including phenoxy) is 4. The molecule has 4 radical (unpaired) electrons. The first-order chi connectivity index (χ1) is 10.6. The molecule has 2 unspecified atom stereocenters. The lowest BCUT2D eigenvalue weighted by Crippen LogP contribution is -2.25. The molecule has 3 heterocycles. The predicted octanol–water partition coefficient (Wildman–Crippen LogP) is -0.280. The number of aromatic nitrogens is 3. The van der Waals surface area contributed by atoms with Gasteiger partial charge in [0.1, 0.15) is 33.6 Å². The Bertz CT molecular complexity index is 503. The summed E-state index contributed by atoms with van der Waals surface area (Å²) in [7, 11) is 15.0. The second-order valence-electron chi connectivity index (χ2n) is 5.70. The third kappa shape index (κ3) is 3.08. The van der Waals surface area contributed by atoms with Crippen LogP contribution in [-0.2, 0) is 18.9 Å². The van der Waals surface area contributed by atoms with Gasteiger partial charge in [-0.15, -0.1) is 5.10 Å². The smallest absolute Gasteiger partial charge is 0.128 e. The van der Waals surface area contributed by atoms with Crippen LogP contribution in [0.5, 0.6) is 0 Å². The molecule has 1 aromatic rings. The SMILES string of the molecule is [B][C@H]1CC(OC)[C@@H](c2cn(C3C[C@H]([B])O[C@@H]3COC)nn2)O1. The molecule has 2 aliphatic rings. The number of methoxy groups -OCH3 is 2. The van der Waals surface area contributed by atoms with E-state index in [4.69, 9.17) is 34.6 Å². The van der Waals surface area contributed by atoms with Crippen LogP contribution in [0.2, 0.25) is 0 Å². The van der Waals surface area contributed by atoms with Crippen LogP contribution in [0.3, 0.4) is 0 Å². The Kier molecular flexibility index (Phi) is 4.87. The van der Waals surface area contributed by atoms with Crippen molar-refractivity contribution in [3.05, 3.63) is 11.9 Å². The standard InChI is InChI=1S/C13H19B2N3O4/c1-19-6-10-8(3-11(14)21-10)18-5-7(16-17-18)13-9(20-2)4-12(15)22-13/h5,8-13H,3-4,6H2,1-2H3/t8?,9?,10-,11-,12-,13-/m1/s1. The van der Waals surface area contributed by atoms with Crippen LogP contribution in [0.15, 0.2) is 6.20 Å². The summed E-state index contributed by atoms with van der Waals surface area (Å²) in [5.74, 6) is 0. The van der Waals surface area contributed by atoms with Crippen molar-refractivity contribution in [3.63, 3.8) is 0 Å². The number of hydrogen-bond donors (Lipinski definition) is 0. The summed E-state index contributed by atoms with van der Waals surface area (Å²) in [6.07, 6.45) is 2.60. The molecule has 2 aliphatic heterocycles. The summed E-state index contributed by atoms with van der Waals surface area (Å²) in [5, 5.41) is 8.41. The van der Waals surface area contributed by atoms with Crippen molar-refractivity contribution < 1.29 is 18.9 Å². The molecule has 0 amide bonds. The summed E-state index contributed by atoms with van der Waals surface area (Å²) < 4.78 is 23.7. The molecule has 7 nitrogen and oxygen atoms in total. The predicted molar refractivity (Wildman–Crippen MR) is 78.7 cm³/mol. The lowest BCUT2D eigenvalue weighted by atomic mass is 9.95. The molecule has 9 heteroatoms. The van der Waals surface area contributed by atoms with Gasteiger partial charge in [0.25, 0.3) is 0 Å². The first-order valence-corrected chi connectivity index (χ1v) is 7.38. The van der Waals surface area contributed by atoms with Crippen LogP contribution < -0.4 is 0 Å². The van der Waals surface area contributed by atoms with Gasteiger partial charge in [0, 0.05) is 26.2 Å². The Morgan fingerprint density at radius 3 is 2.77 bits per heavy atom. The molecule has 116 valence electrons. The zero-order valence-electron chi connectivity index (χ0n) is 12.8. The fourth-order valence-corrected chi connectivity index (χ4v) is 3.10. The second-order valence-corrected chi connectivity index (χ2v) is 5.70. The van der Waals surface area contributed by atoms with E-state index in [0.29, 0.717) is 25.1 Å². The Morgan fingerprint density at radius 2 is 2.05 bits per heavy atom. The van der Waals surface area contributed by atoms with E-state index >= 15 is 0 Å². The van der Waals surface area contributed by atoms with Gasteiger partial charge in [-0.05, 0) is 12.8 Å². The fraction of sp³-hybridized carbons (Fsp3) is 0.846. The van der Waals surface area contributed by atoms with Crippen LogP contribution in [0, 0.1) is 0 Å². The van der Waals surface area contributed by atoms with Crippen molar-refractivity contribution in [2.75, 3.05) is 20.8 Å². The first-order valence-electron chi connectivity index (χ1n) is 7.38. The number of nitrogens with zero attached hydrogens (tertiary/aromatic N) is 3. The zero-order chi connectivity index (χ0) is 15.7. The Hall–Kier alpha value is -0.890. The maximum Gasteiger partial charge on any atom is 0.128 e.